The van der Waals surface area contributed by atoms with E-state index in [1.54, 1.807) is 0 Å². The fourth-order valence-electron chi connectivity index (χ4n) is 7.31. The summed E-state index contributed by atoms with van der Waals surface area (Å²) >= 11 is 0. The van der Waals surface area contributed by atoms with Crippen molar-refractivity contribution < 1.29 is 4.79 Å². The van der Waals surface area contributed by atoms with Crippen LogP contribution < -0.4 is 4.90 Å². The summed E-state index contributed by atoms with van der Waals surface area (Å²) in [7, 11) is 0. The molecular weight excluding hydrogens is 344 g/mol. The summed E-state index contributed by atoms with van der Waals surface area (Å²) in [6, 6.07) is 10.7. The molecule has 4 aliphatic carbocycles. The van der Waals surface area contributed by atoms with E-state index in [4.69, 9.17) is 0 Å². The van der Waals surface area contributed by atoms with Gasteiger partial charge in [0.05, 0.1) is 0 Å². The Morgan fingerprint density at radius 3 is 2.32 bits per heavy atom. The maximum Gasteiger partial charge on any atom is 0.227 e. The van der Waals surface area contributed by atoms with E-state index in [-0.39, 0.29) is 0 Å². The zero-order chi connectivity index (χ0) is 18.7. The molecule has 5 aliphatic rings. The predicted molar refractivity (Wildman–Crippen MR) is 111 cm³/mol. The minimum atomic E-state index is 0.325. The van der Waals surface area contributed by atoms with E-state index < -0.39 is 0 Å². The normalized spacial score (nSPS) is 32.6. The van der Waals surface area contributed by atoms with Crippen molar-refractivity contribution in [1.29, 1.82) is 0 Å². The van der Waals surface area contributed by atoms with Gasteiger partial charge < -0.3 is 4.90 Å². The molecule has 4 bridgehead atoms. The third-order valence-corrected chi connectivity index (χ3v) is 7.98. The van der Waals surface area contributed by atoms with Crippen LogP contribution in [0.5, 0.6) is 0 Å². The number of hydrogen-bond donors (Lipinski definition) is 0. The van der Waals surface area contributed by atoms with Crippen molar-refractivity contribution in [3.05, 3.63) is 48.3 Å². The Balaban J connectivity index is 1.23. The number of fused-ring (bicyclic) bond motifs is 1. The largest absolute Gasteiger partial charge is 0.312 e. The molecule has 7 rings (SSSR count). The van der Waals surface area contributed by atoms with Crippen molar-refractivity contribution in [3.63, 3.8) is 0 Å². The summed E-state index contributed by atoms with van der Waals surface area (Å²) in [6.07, 6.45) is 13.7. The van der Waals surface area contributed by atoms with Gasteiger partial charge in [0.15, 0.2) is 0 Å². The third kappa shape index (κ3) is 2.70. The van der Waals surface area contributed by atoms with Crippen LogP contribution in [0.4, 0.5) is 5.69 Å². The number of carbonyl (C=O) groups excluding carboxylic acids is 1. The average Bonchev–Trinajstić information content (AvgIpc) is 3.10. The van der Waals surface area contributed by atoms with Gasteiger partial charge in [-0.15, -0.1) is 0 Å². The number of hydrogen-bond acceptors (Lipinski definition) is 2. The first-order valence-corrected chi connectivity index (χ1v) is 11.0. The van der Waals surface area contributed by atoms with Crippen LogP contribution in [0.15, 0.2) is 42.7 Å². The molecule has 144 valence electrons. The summed E-state index contributed by atoms with van der Waals surface area (Å²) in [5.74, 6) is 3.10. The highest BCUT2D eigenvalue weighted by atomic mass is 16.2. The van der Waals surface area contributed by atoms with Crippen LogP contribution in [0.1, 0.15) is 50.5 Å². The smallest absolute Gasteiger partial charge is 0.227 e. The summed E-state index contributed by atoms with van der Waals surface area (Å²) in [6.45, 7) is 0.848. The third-order valence-electron chi connectivity index (χ3n) is 7.98. The van der Waals surface area contributed by atoms with Crippen LogP contribution in [0, 0.1) is 23.2 Å². The highest BCUT2D eigenvalue weighted by Gasteiger charge is 2.52. The van der Waals surface area contributed by atoms with Crippen LogP contribution in [-0.2, 0) is 11.2 Å². The van der Waals surface area contributed by atoms with Gasteiger partial charge in [-0.2, -0.15) is 0 Å². The molecule has 4 saturated carbocycles. The van der Waals surface area contributed by atoms with E-state index in [0.717, 1.165) is 42.8 Å². The Morgan fingerprint density at radius 2 is 1.64 bits per heavy atom. The fraction of sp³-hybridized carbons (Fsp3) is 0.520. The van der Waals surface area contributed by atoms with Crippen molar-refractivity contribution in [2.24, 2.45) is 23.2 Å². The summed E-state index contributed by atoms with van der Waals surface area (Å²) < 4.78 is 0. The number of benzene rings is 1. The van der Waals surface area contributed by atoms with Gasteiger partial charge in [0.25, 0.3) is 0 Å². The molecule has 3 heteroatoms. The molecule has 3 nitrogen and oxygen atoms in total. The summed E-state index contributed by atoms with van der Waals surface area (Å²) in [5.41, 5.74) is 5.19. The van der Waals surface area contributed by atoms with Gasteiger partial charge in [-0.05, 0) is 109 Å². The fourth-order valence-corrected chi connectivity index (χ4v) is 7.31. The van der Waals surface area contributed by atoms with E-state index in [1.807, 2.05) is 24.5 Å². The molecule has 28 heavy (non-hydrogen) atoms. The second-order valence-electron chi connectivity index (χ2n) is 9.97. The monoisotopic (exact) mass is 372 g/mol. The lowest BCUT2D eigenvalue weighted by Gasteiger charge is -2.56. The first-order valence-electron chi connectivity index (χ1n) is 11.0. The van der Waals surface area contributed by atoms with E-state index in [0.29, 0.717) is 11.3 Å². The molecule has 0 saturated heterocycles. The molecule has 4 fully saturated rings. The number of pyridine rings is 1. The Hall–Kier alpha value is -2.16. The number of anilines is 1. The van der Waals surface area contributed by atoms with E-state index in [1.165, 1.54) is 55.2 Å². The lowest BCUT2D eigenvalue weighted by Crippen LogP contribution is -2.48. The van der Waals surface area contributed by atoms with Crippen molar-refractivity contribution in [2.75, 3.05) is 11.4 Å². The second kappa shape index (κ2) is 6.17. The Bertz CT molecular complexity index is 884. The lowest BCUT2D eigenvalue weighted by atomic mass is 9.49. The first-order chi connectivity index (χ1) is 13.7. The number of carbonyl (C=O) groups is 1. The highest BCUT2D eigenvalue weighted by Crippen LogP contribution is 2.61. The van der Waals surface area contributed by atoms with Gasteiger partial charge in [0, 0.05) is 31.0 Å². The van der Waals surface area contributed by atoms with Gasteiger partial charge in [0.1, 0.15) is 0 Å². The molecule has 1 aliphatic heterocycles. The molecule has 0 spiro atoms. The van der Waals surface area contributed by atoms with Crippen molar-refractivity contribution >= 4 is 11.6 Å². The minimum absolute atomic E-state index is 0.325. The zero-order valence-electron chi connectivity index (χ0n) is 16.4. The maximum absolute atomic E-state index is 13.4. The molecule has 0 unspecified atom stereocenters. The van der Waals surface area contributed by atoms with E-state index in [2.05, 4.69) is 28.1 Å². The highest BCUT2D eigenvalue weighted by molar-refractivity contribution is 5.96. The molecule has 1 aromatic carbocycles. The van der Waals surface area contributed by atoms with Crippen molar-refractivity contribution in [3.8, 4) is 11.1 Å². The van der Waals surface area contributed by atoms with Crippen molar-refractivity contribution in [2.45, 2.75) is 51.4 Å². The molecule has 2 heterocycles. The molecular formula is C25H28N2O. The molecule has 2 aromatic rings. The number of rotatable bonds is 3. The lowest BCUT2D eigenvalue weighted by molar-refractivity contribution is -0.126. The van der Waals surface area contributed by atoms with Crippen molar-refractivity contribution in [1.82, 2.24) is 4.98 Å². The minimum Gasteiger partial charge on any atom is -0.312 e. The predicted octanol–water partition coefficient (Wildman–Crippen LogP) is 5.24. The zero-order valence-corrected chi connectivity index (χ0v) is 16.4. The summed E-state index contributed by atoms with van der Waals surface area (Å²) in [4.78, 5) is 19.6. The maximum atomic E-state index is 13.4. The number of amides is 1. The summed E-state index contributed by atoms with van der Waals surface area (Å²) in [5, 5.41) is 0. The Kier molecular flexibility index (Phi) is 3.69. The van der Waals surface area contributed by atoms with E-state index in [9.17, 15) is 4.79 Å². The van der Waals surface area contributed by atoms with Crippen LogP contribution in [0.3, 0.4) is 0 Å². The quantitative estimate of drug-likeness (QED) is 0.738. The second-order valence-corrected chi connectivity index (χ2v) is 9.97. The van der Waals surface area contributed by atoms with Gasteiger partial charge in [-0.3, -0.25) is 9.78 Å². The SMILES string of the molecule is O=C(CC12CC3CC(CC(C3)C1)C2)N1CCc2cc(-c3ccncc3)ccc21. The van der Waals surface area contributed by atoms with Gasteiger partial charge >= 0.3 is 0 Å². The van der Waals surface area contributed by atoms with Crippen LogP contribution in [0.25, 0.3) is 11.1 Å². The van der Waals surface area contributed by atoms with Crippen LogP contribution in [0.2, 0.25) is 0 Å². The molecule has 1 aromatic heterocycles. The van der Waals surface area contributed by atoms with Crippen LogP contribution in [-0.4, -0.2) is 17.4 Å². The molecule has 1 amide bonds. The standard InChI is InChI=1S/C25H28N2O/c28-24(16-25-13-17-9-18(14-25)11-19(10-17)15-25)27-8-5-22-12-21(1-2-23(22)27)20-3-6-26-7-4-20/h1-4,6-7,12,17-19H,5,8-11,13-16H2. The van der Waals surface area contributed by atoms with E-state index >= 15 is 0 Å². The topological polar surface area (TPSA) is 33.2 Å². The molecule has 0 N–H and O–H groups in total. The Labute approximate surface area is 167 Å². The first kappa shape index (κ1) is 16.8. The number of nitrogens with zero attached hydrogens (tertiary/aromatic N) is 2. The molecule has 0 atom stereocenters. The Morgan fingerprint density at radius 1 is 0.964 bits per heavy atom. The van der Waals surface area contributed by atoms with Crippen LogP contribution >= 0.6 is 0 Å². The van der Waals surface area contributed by atoms with Gasteiger partial charge in [-0.25, -0.2) is 0 Å². The van der Waals surface area contributed by atoms with Gasteiger partial charge in [0.2, 0.25) is 5.91 Å². The number of aromatic nitrogens is 1. The average molecular weight is 373 g/mol. The molecule has 0 radical (unpaired) electrons. The van der Waals surface area contributed by atoms with Gasteiger partial charge in [-0.1, -0.05) is 6.07 Å².